The van der Waals surface area contributed by atoms with Gasteiger partial charge in [0.25, 0.3) is 0 Å². The van der Waals surface area contributed by atoms with E-state index in [1.54, 1.807) is 14.2 Å². The maximum atomic E-state index is 5.65. The molecule has 1 rings (SSSR count). The molecule has 0 aliphatic carbocycles. The molecule has 0 aromatic carbocycles. The summed E-state index contributed by atoms with van der Waals surface area (Å²) in [5.41, 5.74) is 0. The van der Waals surface area contributed by atoms with Crippen LogP contribution in [0.15, 0.2) is 18.7 Å². The average molecular weight is 259 g/mol. The van der Waals surface area contributed by atoms with E-state index in [0.717, 1.165) is 19.0 Å². The van der Waals surface area contributed by atoms with Gasteiger partial charge in [-0.3, -0.25) is 0 Å². The maximum absolute atomic E-state index is 5.65. The molecule has 6 heteroatoms. The zero-order chi connectivity index (χ0) is 12.7. The largest absolute Gasteiger partial charge is 0.500 e. The molecule has 0 N–H and O–H groups in total. The van der Waals surface area contributed by atoms with Crippen LogP contribution in [0.5, 0.6) is 0 Å². The number of hydrogen-bond acceptors (Lipinski definition) is 3. The van der Waals surface area contributed by atoms with Crippen LogP contribution >= 0.6 is 0 Å². The summed E-state index contributed by atoms with van der Waals surface area (Å²) in [6.45, 7) is 3.55. The minimum absolute atomic E-state index is 0.631. The fourth-order valence-corrected chi connectivity index (χ4v) is 3.80. The smallest absolute Gasteiger partial charge is 0.377 e. The van der Waals surface area contributed by atoms with Crippen molar-refractivity contribution >= 4 is 8.80 Å². The van der Waals surface area contributed by atoms with Gasteiger partial charge >= 0.3 is 8.80 Å². The Balaban J connectivity index is 2.41. The molecular weight excluding hydrogens is 236 g/mol. The van der Waals surface area contributed by atoms with Gasteiger partial charge in [0.15, 0.2) is 0 Å². The Morgan fingerprint density at radius 2 is 2.00 bits per heavy atom. The van der Waals surface area contributed by atoms with Crippen molar-refractivity contribution in [3.8, 4) is 0 Å². The van der Waals surface area contributed by atoms with Crippen molar-refractivity contribution in [3.63, 3.8) is 0 Å². The Labute approximate surface area is 104 Å². The zero-order valence-electron chi connectivity index (χ0n) is 11.2. The molecule has 98 valence electrons. The Morgan fingerprint density at radius 3 is 2.47 bits per heavy atom. The lowest BCUT2D eigenvalue weighted by atomic mass is 10.5. The van der Waals surface area contributed by atoms with Gasteiger partial charge in [0.2, 0.25) is 6.33 Å². The van der Waals surface area contributed by atoms with Crippen molar-refractivity contribution in [2.75, 3.05) is 20.8 Å². The second kappa shape index (κ2) is 6.90. The van der Waals surface area contributed by atoms with Gasteiger partial charge in [-0.2, -0.15) is 0 Å². The molecule has 0 bridgehead atoms. The Kier molecular flexibility index (Phi) is 5.83. The first kappa shape index (κ1) is 14.4. The third-order valence-electron chi connectivity index (χ3n) is 2.71. The lowest BCUT2D eigenvalue weighted by molar-refractivity contribution is -0.671. The van der Waals surface area contributed by atoms with Crippen LogP contribution in [0.2, 0.25) is 6.04 Å². The highest BCUT2D eigenvalue weighted by Crippen LogP contribution is 2.16. The molecule has 0 radical (unpaired) electrons. The number of rotatable bonds is 8. The normalized spacial score (nSPS) is 12.0. The van der Waals surface area contributed by atoms with Gasteiger partial charge in [-0.25, -0.2) is 9.13 Å². The second-order valence-electron chi connectivity index (χ2n) is 3.94. The molecule has 0 aliphatic rings. The molecular formula is C11H23N2O3Si+. The number of imidazole rings is 1. The molecule has 0 aliphatic heterocycles. The highest BCUT2D eigenvalue weighted by molar-refractivity contribution is 6.60. The number of aryl methyl sites for hydroxylation is 2. The first-order valence-corrected chi connectivity index (χ1v) is 7.84. The zero-order valence-corrected chi connectivity index (χ0v) is 12.2. The van der Waals surface area contributed by atoms with E-state index in [0.29, 0.717) is 6.61 Å². The summed E-state index contributed by atoms with van der Waals surface area (Å²) in [5.74, 6) is 0. The van der Waals surface area contributed by atoms with Crippen molar-refractivity contribution < 1.29 is 17.8 Å². The predicted molar refractivity (Wildman–Crippen MR) is 66.4 cm³/mol. The summed E-state index contributed by atoms with van der Waals surface area (Å²) < 4.78 is 20.7. The maximum Gasteiger partial charge on any atom is 0.500 e. The van der Waals surface area contributed by atoms with E-state index >= 15 is 0 Å². The predicted octanol–water partition coefficient (Wildman–Crippen LogP) is 0.971. The van der Waals surface area contributed by atoms with Crippen LogP contribution in [0, 0.1) is 0 Å². The van der Waals surface area contributed by atoms with Gasteiger partial charge in [0.1, 0.15) is 12.4 Å². The molecule has 0 unspecified atom stereocenters. The average Bonchev–Trinajstić information content (AvgIpc) is 2.74. The summed E-state index contributed by atoms with van der Waals surface area (Å²) in [6, 6.07) is 0.843. The van der Waals surface area contributed by atoms with Crippen molar-refractivity contribution in [3.05, 3.63) is 18.7 Å². The Hall–Kier alpha value is -0.693. The highest BCUT2D eigenvalue weighted by atomic mass is 28.4. The molecule has 0 fully saturated rings. The standard InChI is InChI=1S/C11H23N2O3Si/c1-5-16-17(14-3,15-4)10-6-7-13-9-8-12(2)11-13/h8-9,11H,5-7,10H2,1-4H3/q+1. The monoisotopic (exact) mass is 259 g/mol. The minimum Gasteiger partial charge on any atom is -0.377 e. The minimum atomic E-state index is -2.41. The van der Waals surface area contributed by atoms with E-state index < -0.39 is 8.80 Å². The molecule has 0 atom stereocenters. The van der Waals surface area contributed by atoms with Gasteiger partial charge in [-0.05, 0) is 13.3 Å². The van der Waals surface area contributed by atoms with Crippen LogP contribution < -0.4 is 4.57 Å². The van der Waals surface area contributed by atoms with E-state index in [2.05, 4.69) is 17.1 Å². The molecule has 0 amide bonds. The summed E-state index contributed by atoms with van der Waals surface area (Å²) in [7, 11) is 2.94. The van der Waals surface area contributed by atoms with Crippen LogP contribution in [0.25, 0.3) is 0 Å². The molecule has 0 saturated carbocycles. The SMILES string of the molecule is CCO[Si](CCCn1cc[n+](C)c1)(OC)OC. The third kappa shape index (κ3) is 4.23. The molecule has 1 aromatic rings. The topological polar surface area (TPSA) is 36.5 Å². The van der Waals surface area contributed by atoms with E-state index in [-0.39, 0.29) is 0 Å². The van der Waals surface area contributed by atoms with Crippen LogP contribution in [0.1, 0.15) is 13.3 Å². The third-order valence-corrected chi connectivity index (χ3v) is 5.65. The Morgan fingerprint density at radius 1 is 1.29 bits per heavy atom. The quantitative estimate of drug-likeness (QED) is 0.515. The summed E-state index contributed by atoms with van der Waals surface area (Å²) in [4.78, 5) is 0. The van der Waals surface area contributed by atoms with Gasteiger partial charge in [-0.15, -0.1) is 0 Å². The van der Waals surface area contributed by atoms with Crippen molar-refractivity contribution in [2.24, 2.45) is 7.05 Å². The molecule has 0 saturated heterocycles. The molecule has 17 heavy (non-hydrogen) atoms. The van der Waals surface area contributed by atoms with Crippen molar-refractivity contribution in [1.82, 2.24) is 4.57 Å². The van der Waals surface area contributed by atoms with Crippen LogP contribution in [0.3, 0.4) is 0 Å². The highest BCUT2D eigenvalue weighted by Gasteiger charge is 2.38. The van der Waals surface area contributed by atoms with Crippen molar-refractivity contribution in [2.45, 2.75) is 25.9 Å². The van der Waals surface area contributed by atoms with E-state index in [4.69, 9.17) is 13.3 Å². The van der Waals surface area contributed by atoms with Gasteiger partial charge in [-0.1, -0.05) is 0 Å². The Bertz CT molecular complexity index is 326. The number of hydrogen-bond donors (Lipinski definition) is 0. The summed E-state index contributed by atoms with van der Waals surface area (Å²) >= 11 is 0. The lowest BCUT2D eigenvalue weighted by Crippen LogP contribution is -2.43. The second-order valence-corrected chi connectivity index (χ2v) is 6.92. The number of aromatic nitrogens is 2. The van der Waals surface area contributed by atoms with Crippen molar-refractivity contribution in [1.29, 1.82) is 0 Å². The van der Waals surface area contributed by atoms with Gasteiger partial charge in [0.05, 0.1) is 13.6 Å². The fourth-order valence-electron chi connectivity index (χ4n) is 1.81. The van der Waals surface area contributed by atoms with E-state index in [9.17, 15) is 0 Å². The van der Waals surface area contributed by atoms with Crippen LogP contribution in [-0.4, -0.2) is 34.2 Å². The first-order valence-electron chi connectivity index (χ1n) is 5.91. The van der Waals surface area contributed by atoms with Gasteiger partial charge < -0.3 is 13.3 Å². The van der Waals surface area contributed by atoms with Gasteiger partial charge in [0, 0.05) is 26.9 Å². The summed E-state index contributed by atoms with van der Waals surface area (Å²) in [5, 5.41) is 0. The fraction of sp³-hybridized carbons (Fsp3) is 0.727. The molecule has 5 nitrogen and oxygen atoms in total. The summed E-state index contributed by atoms with van der Waals surface area (Å²) in [6.07, 6.45) is 7.13. The molecule has 1 aromatic heterocycles. The molecule has 1 heterocycles. The van der Waals surface area contributed by atoms with E-state index in [1.165, 1.54) is 0 Å². The van der Waals surface area contributed by atoms with Crippen LogP contribution in [0.4, 0.5) is 0 Å². The van der Waals surface area contributed by atoms with Crippen LogP contribution in [-0.2, 0) is 26.9 Å². The lowest BCUT2D eigenvalue weighted by Gasteiger charge is -2.25. The van der Waals surface area contributed by atoms with E-state index in [1.807, 2.05) is 24.7 Å². The molecule has 0 spiro atoms. The first-order chi connectivity index (χ1) is 8.15. The number of nitrogens with zero attached hydrogens (tertiary/aromatic N) is 2.